The molecule has 1 heterocycles. The number of rotatable bonds is 4. The summed E-state index contributed by atoms with van der Waals surface area (Å²) in [4.78, 5) is 5.06. The van der Waals surface area contributed by atoms with E-state index in [1.165, 1.54) is 18.5 Å². The van der Waals surface area contributed by atoms with Crippen LogP contribution < -0.4 is 5.73 Å². The van der Waals surface area contributed by atoms with E-state index in [9.17, 15) is 0 Å². The Morgan fingerprint density at radius 2 is 1.95 bits per heavy atom. The van der Waals surface area contributed by atoms with Gasteiger partial charge in [-0.05, 0) is 45.8 Å². The van der Waals surface area contributed by atoms with Crippen LogP contribution in [0.15, 0.2) is 30.3 Å². The third-order valence-electron chi connectivity index (χ3n) is 4.61. The summed E-state index contributed by atoms with van der Waals surface area (Å²) in [5.41, 5.74) is 7.61. The smallest absolute Gasteiger partial charge is 0.0347 e. The van der Waals surface area contributed by atoms with Crippen LogP contribution in [0.25, 0.3) is 0 Å². The zero-order valence-electron chi connectivity index (χ0n) is 13.2. The van der Waals surface area contributed by atoms with Crippen LogP contribution in [0, 0.1) is 0 Å². The van der Waals surface area contributed by atoms with Gasteiger partial charge in [0.2, 0.25) is 0 Å². The molecule has 0 bridgehead atoms. The molecule has 1 aliphatic heterocycles. The van der Waals surface area contributed by atoms with E-state index < -0.39 is 0 Å². The molecule has 2 unspecified atom stereocenters. The van der Waals surface area contributed by atoms with Crippen molar-refractivity contribution in [2.45, 2.75) is 38.3 Å². The average Bonchev–Trinajstić information content (AvgIpc) is 2.60. The van der Waals surface area contributed by atoms with Crippen LogP contribution in [0.2, 0.25) is 0 Å². The summed E-state index contributed by atoms with van der Waals surface area (Å²) < 4.78 is 0. The molecular weight excluding hydrogens is 246 g/mol. The maximum atomic E-state index is 6.18. The molecule has 20 heavy (non-hydrogen) atoms. The van der Waals surface area contributed by atoms with Crippen LogP contribution in [0.3, 0.4) is 0 Å². The molecule has 3 nitrogen and oxygen atoms in total. The van der Waals surface area contributed by atoms with Gasteiger partial charge in [-0.25, -0.2) is 0 Å². The number of nitrogens with zero attached hydrogens (tertiary/aromatic N) is 2. The number of hydrogen-bond acceptors (Lipinski definition) is 3. The minimum atomic E-state index is 0.0476. The second-order valence-corrected chi connectivity index (χ2v) is 6.52. The van der Waals surface area contributed by atoms with Crippen molar-refractivity contribution in [3.05, 3.63) is 35.9 Å². The molecule has 112 valence electrons. The second-order valence-electron chi connectivity index (χ2n) is 6.52. The van der Waals surface area contributed by atoms with Gasteiger partial charge in [0.05, 0.1) is 0 Å². The molecule has 2 atom stereocenters. The summed E-state index contributed by atoms with van der Waals surface area (Å²) in [6.07, 6.45) is 2.25. The predicted octanol–water partition coefficient (Wildman–Crippen LogP) is 1.97. The summed E-state index contributed by atoms with van der Waals surface area (Å²) in [7, 11) is 2.22. The van der Waals surface area contributed by atoms with Gasteiger partial charge in [-0.15, -0.1) is 0 Å². The first-order chi connectivity index (χ1) is 9.55. The highest BCUT2D eigenvalue weighted by Crippen LogP contribution is 2.24. The lowest BCUT2D eigenvalue weighted by molar-refractivity contribution is 0.0704. The van der Waals surface area contributed by atoms with Crippen molar-refractivity contribution >= 4 is 0 Å². The van der Waals surface area contributed by atoms with Crippen molar-refractivity contribution in [2.24, 2.45) is 5.73 Å². The molecule has 0 amide bonds. The lowest BCUT2D eigenvalue weighted by Crippen LogP contribution is -2.57. The van der Waals surface area contributed by atoms with Crippen molar-refractivity contribution in [2.75, 3.05) is 33.2 Å². The van der Waals surface area contributed by atoms with Crippen LogP contribution in [0.5, 0.6) is 0 Å². The van der Waals surface area contributed by atoms with Gasteiger partial charge >= 0.3 is 0 Å². The van der Waals surface area contributed by atoms with Gasteiger partial charge in [-0.2, -0.15) is 0 Å². The fourth-order valence-electron chi connectivity index (χ4n) is 3.50. The van der Waals surface area contributed by atoms with Crippen molar-refractivity contribution in [3.8, 4) is 0 Å². The fraction of sp³-hybridized carbons (Fsp3) is 0.647. The normalized spacial score (nSPS) is 25.1. The molecule has 0 aliphatic carbocycles. The van der Waals surface area contributed by atoms with Gasteiger partial charge < -0.3 is 10.6 Å². The SMILES string of the molecule is CC1CN(C)CCCN1C(C)(CN)Cc1ccccc1. The number of likely N-dealkylation sites (N-methyl/N-ethyl adjacent to an activating group) is 1. The van der Waals surface area contributed by atoms with E-state index in [2.05, 4.69) is 61.0 Å². The molecule has 2 N–H and O–H groups in total. The highest BCUT2D eigenvalue weighted by molar-refractivity contribution is 5.18. The zero-order valence-corrected chi connectivity index (χ0v) is 13.2. The van der Waals surface area contributed by atoms with E-state index >= 15 is 0 Å². The molecule has 0 spiro atoms. The van der Waals surface area contributed by atoms with Gasteiger partial charge in [0.1, 0.15) is 0 Å². The molecule has 3 heteroatoms. The minimum Gasteiger partial charge on any atom is -0.329 e. The third-order valence-corrected chi connectivity index (χ3v) is 4.61. The topological polar surface area (TPSA) is 32.5 Å². The highest BCUT2D eigenvalue weighted by Gasteiger charge is 2.35. The maximum Gasteiger partial charge on any atom is 0.0347 e. The second kappa shape index (κ2) is 6.70. The lowest BCUT2D eigenvalue weighted by Gasteiger charge is -2.44. The Kier molecular flexibility index (Phi) is 5.19. The van der Waals surface area contributed by atoms with E-state index in [0.717, 1.165) is 19.5 Å². The summed E-state index contributed by atoms with van der Waals surface area (Å²) in [5, 5.41) is 0. The first-order valence-corrected chi connectivity index (χ1v) is 7.74. The van der Waals surface area contributed by atoms with E-state index in [-0.39, 0.29) is 5.54 Å². The van der Waals surface area contributed by atoms with Gasteiger partial charge in [0.25, 0.3) is 0 Å². The Bertz CT molecular complexity index is 406. The summed E-state index contributed by atoms with van der Waals surface area (Å²) in [6, 6.07) is 11.3. The number of hydrogen-bond donors (Lipinski definition) is 1. The Morgan fingerprint density at radius 3 is 2.60 bits per heavy atom. The summed E-state index contributed by atoms with van der Waals surface area (Å²) in [5.74, 6) is 0. The predicted molar refractivity (Wildman–Crippen MR) is 85.9 cm³/mol. The van der Waals surface area contributed by atoms with Gasteiger partial charge in [0, 0.05) is 31.2 Å². The van der Waals surface area contributed by atoms with Crippen LogP contribution in [-0.2, 0) is 6.42 Å². The van der Waals surface area contributed by atoms with E-state index in [1.54, 1.807) is 0 Å². The van der Waals surface area contributed by atoms with E-state index in [0.29, 0.717) is 12.6 Å². The molecule has 0 aromatic heterocycles. The molecule has 1 aromatic rings. The van der Waals surface area contributed by atoms with Crippen molar-refractivity contribution in [1.29, 1.82) is 0 Å². The molecule has 0 radical (unpaired) electrons. The van der Waals surface area contributed by atoms with Crippen molar-refractivity contribution in [1.82, 2.24) is 9.80 Å². The maximum absolute atomic E-state index is 6.18. The third kappa shape index (κ3) is 3.60. The van der Waals surface area contributed by atoms with E-state index in [4.69, 9.17) is 5.73 Å². The Labute approximate surface area is 123 Å². The van der Waals surface area contributed by atoms with Crippen LogP contribution in [-0.4, -0.2) is 54.6 Å². The molecule has 1 aliphatic rings. The molecular formula is C17H29N3. The van der Waals surface area contributed by atoms with Gasteiger partial charge in [-0.1, -0.05) is 30.3 Å². The standard InChI is InChI=1S/C17H29N3/c1-15-13-19(3)10-7-11-20(15)17(2,14-18)12-16-8-5-4-6-9-16/h4-6,8-9,15H,7,10-14,18H2,1-3H3. The van der Waals surface area contributed by atoms with Crippen LogP contribution in [0.4, 0.5) is 0 Å². The molecule has 1 saturated heterocycles. The van der Waals surface area contributed by atoms with Crippen LogP contribution >= 0.6 is 0 Å². The Hall–Kier alpha value is -0.900. The zero-order chi connectivity index (χ0) is 14.6. The number of nitrogens with two attached hydrogens (primary N) is 1. The highest BCUT2D eigenvalue weighted by atomic mass is 15.3. The molecule has 0 saturated carbocycles. The quantitative estimate of drug-likeness (QED) is 0.912. The monoisotopic (exact) mass is 275 g/mol. The van der Waals surface area contributed by atoms with Gasteiger partial charge in [0.15, 0.2) is 0 Å². The van der Waals surface area contributed by atoms with E-state index in [1.807, 2.05) is 0 Å². The average molecular weight is 275 g/mol. The summed E-state index contributed by atoms with van der Waals surface area (Å²) >= 11 is 0. The lowest BCUT2D eigenvalue weighted by atomic mass is 9.89. The first-order valence-electron chi connectivity index (χ1n) is 7.74. The molecule has 2 rings (SSSR count). The first kappa shape index (κ1) is 15.5. The van der Waals surface area contributed by atoms with Crippen LogP contribution in [0.1, 0.15) is 25.8 Å². The Morgan fingerprint density at radius 1 is 1.25 bits per heavy atom. The fourth-order valence-corrected chi connectivity index (χ4v) is 3.50. The van der Waals surface area contributed by atoms with Gasteiger partial charge in [-0.3, -0.25) is 4.90 Å². The molecule has 1 fully saturated rings. The molecule has 1 aromatic carbocycles. The van der Waals surface area contributed by atoms with Crippen molar-refractivity contribution < 1.29 is 0 Å². The Balaban J connectivity index is 2.16. The summed E-state index contributed by atoms with van der Waals surface area (Å²) in [6.45, 7) is 8.82. The number of benzene rings is 1. The largest absolute Gasteiger partial charge is 0.329 e. The van der Waals surface area contributed by atoms with Crippen molar-refractivity contribution in [3.63, 3.8) is 0 Å². The minimum absolute atomic E-state index is 0.0476.